The highest BCUT2D eigenvalue weighted by molar-refractivity contribution is 5.93. The number of rotatable bonds is 16. The molecule has 0 aliphatic carbocycles. The van der Waals surface area contributed by atoms with E-state index < -0.39 is 0 Å². The van der Waals surface area contributed by atoms with Crippen LogP contribution in [0.25, 0.3) is 22.2 Å². The van der Waals surface area contributed by atoms with Crippen molar-refractivity contribution < 1.29 is 23.7 Å². The van der Waals surface area contributed by atoms with Crippen LogP contribution < -0.4 is 15.2 Å². The predicted octanol–water partition coefficient (Wildman–Crippen LogP) is 5.31. The lowest BCUT2D eigenvalue weighted by molar-refractivity contribution is 0.0179. The molecule has 8 nitrogen and oxygen atoms in total. The van der Waals surface area contributed by atoms with Gasteiger partial charge < -0.3 is 23.7 Å². The third-order valence-corrected chi connectivity index (χ3v) is 6.72. The van der Waals surface area contributed by atoms with Crippen LogP contribution in [0.2, 0.25) is 0 Å². The smallest absolute Gasteiger partial charge is 0.348 e. The van der Waals surface area contributed by atoms with Crippen molar-refractivity contribution in [3.8, 4) is 35.1 Å². The van der Waals surface area contributed by atoms with Gasteiger partial charge in [0.25, 0.3) is 0 Å². The zero-order valence-electron chi connectivity index (χ0n) is 24.5. The Morgan fingerprint density at radius 1 is 0.881 bits per heavy atom. The summed E-state index contributed by atoms with van der Waals surface area (Å²) in [6.45, 7) is 7.57. The molecule has 4 rings (SSSR count). The lowest BCUT2D eigenvalue weighted by Crippen LogP contribution is -2.25. The molecular formula is C34H38N2O6. The highest BCUT2D eigenvalue weighted by Gasteiger charge is 2.16. The quantitative estimate of drug-likeness (QED) is 0.134. The van der Waals surface area contributed by atoms with Crippen LogP contribution in [0.3, 0.4) is 0 Å². The number of fused-ring (bicyclic) bond motifs is 1. The molecule has 0 aliphatic rings. The van der Waals surface area contributed by atoms with E-state index in [1.54, 1.807) is 11.7 Å². The molecule has 3 aromatic carbocycles. The molecule has 1 aromatic heterocycles. The molecule has 0 radical (unpaired) electrons. The highest BCUT2D eigenvalue weighted by Crippen LogP contribution is 2.31. The van der Waals surface area contributed by atoms with Crippen molar-refractivity contribution in [1.29, 1.82) is 0 Å². The van der Waals surface area contributed by atoms with Gasteiger partial charge in [-0.05, 0) is 35.7 Å². The van der Waals surface area contributed by atoms with Crippen molar-refractivity contribution in [1.82, 2.24) is 9.55 Å². The van der Waals surface area contributed by atoms with Crippen molar-refractivity contribution in [2.24, 2.45) is 0 Å². The van der Waals surface area contributed by atoms with Crippen LogP contribution in [-0.2, 0) is 20.8 Å². The molecule has 4 aromatic rings. The minimum atomic E-state index is -0.352. The summed E-state index contributed by atoms with van der Waals surface area (Å²) >= 11 is 0. The van der Waals surface area contributed by atoms with E-state index in [0.29, 0.717) is 62.8 Å². The molecule has 42 heavy (non-hydrogen) atoms. The summed E-state index contributed by atoms with van der Waals surface area (Å²) in [6, 6.07) is 21.4. The lowest BCUT2D eigenvalue weighted by atomic mass is 9.99. The first kappa shape index (κ1) is 30.8. The molecule has 0 fully saturated rings. The molecule has 0 unspecified atom stereocenters. The van der Waals surface area contributed by atoms with Gasteiger partial charge in [-0.15, -0.1) is 6.42 Å². The van der Waals surface area contributed by atoms with E-state index in [0.717, 1.165) is 22.0 Å². The van der Waals surface area contributed by atoms with Gasteiger partial charge in [0, 0.05) is 23.6 Å². The van der Waals surface area contributed by atoms with E-state index in [9.17, 15) is 4.79 Å². The Morgan fingerprint density at radius 2 is 1.60 bits per heavy atom. The van der Waals surface area contributed by atoms with Crippen molar-refractivity contribution in [2.45, 2.75) is 26.3 Å². The van der Waals surface area contributed by atoms with E-state index in [1.807, 2.05) is 54.6 Å². The summed E-state index contributed by atoms with van der Waals surface area (Å²) in [4.78, 5) is 18.1. The molecular weight excluding hydrogens is 532 g/mol. The van der Waals surface area contributed by atoms with Gasteiger partial charge in [-0.1, -0.05) is 62.2 Å². The van der Waals surface area contributed by atoms with Crippen LogP contribution >= 0.6 is 0 Å². The van der Waals surface area contributed by atoms with E-state index >= 15 is 0 Å². The molecule has 0 N–H and O–H groups in total. The second-order valence-corrected chi connectivity index (χ2v) is 9.95. The number of nitrogens with zero attached hydrogens (tertiary/aromatic N) is 2. The van der Waals surface area contributed by atoms with E-state index in [2.05, 4.69) is 36.9 Å². The maximum absolute atomic E-state index is 13.5. The molecule has 0 atom stereocenters. The minimum absolute atomic E-state index is 0.145. The van der Waals surface area contributed by atoms with Crippen LogP contribution in [0.4, 0.5) is 0 Å². The number of aromatic nitrogens is 2. The number of hydrogen-bond acceptors (Lipinski definition) is 7. The summed E-state index contributed by atoms with van der Waals surface area (Å²) in [5, 5.41) is 0.793. The highest BCUT2D eigenvalue weighted by atomic mass is 16.6. The summed E-state index contributed by atoms with van der Waals surface area (Å²) in [7, 11) is 1.64. The van der Waals surface area contributed by atoms with Crippen molar-refractivity contribution in [3.63, 3.8) is 0 Å². The average molecular weight is 571 g/mol. The van der Waals surface area contributed by atoms with E-state index in [1.165, 1.54) is 5.56 Å². The minimum Gasteiger partial charge on any atom is -0.491 e. The summed E-state index contributed by atoms with van der Waals surface area (Å²) in [5.74, 6) is 4.19. The Kier molecular flexibility index (Phi) is 11.5. The van der Waals surface area contributed by atoms with Gasteiger partial charge in [0.2, 0.25) is 0 Å². The molecule has 0 saturated carbocycles. The molecule has 0 spiro atoms. The van der Waals surface area contributed by atoms with Crippen LogP contribution in [0.5, 0.6) is 11.5 Å². The first-order chi connectivity index (χ1) is 20.5. The fourth-order valence-electron chi connectivity index (χ4n) is 4.49. The number of terminal acetylenes is 1. The second-order valence-electron chi connectivity index (χ2n) is 9.95. The molecule has 220 valence electrons. The zero-order chi connectivity index (χ0) is 29.7. The molecule has 0 saturated heterocycles. The third-order valence-electron chi connectivity index (χ3n) is 6.72. The van der Waals surface area contributed by atoms with Crippen LogP contribution in [-0.4, -0.2) is 62.9 Å². The Morgan fingerprint density at radius 3 is 2.31 bits per heavy atom. The van der Waals surface area contributed by atoms with Gasteiger partial charge in [0.15, 0.2) is 0 Å². The lowest BCUT2D eigenvalue weighted by Gasteiger charge is -2.17. The van der Waals surface area contributed by atoms with Crippen molar-refractivity contribution in [2.75, 3.05) is 53.4 Å². The monoisotopic (exact) mass is 570 g/mol. The van der Waals surface area contributed by atoms with Crippen LogP contribution in [0, 0.1) is 12.3 Å². The second kappa shape index (κ2) is 15.7. The van der Waals surface area contributed by atoms with Crippen molar-refractivity contribution in [3.05, 3.63) is 88.3 Å². The molecule has 0 amide bonds. The van der Waals surface area contributed by atoms with E-state index in [-0.39, 0.29) is 18.8 Å². The topological polar surface area (TPSA) is 81.0 Å². The first-order valence-electron chi connectivity index (χ1n) is 14.1. The summed E-state index contributed by atoms with van der Waals surface area (Å²) < 4.78 is 29.4. The Hall–Kier alpha value is -4.16. The molecule has 8 heteroatoms. The van der Waals surface area contributed by atoms with Gasteiger partial charge in [-0.2, -0.15) is 4.98 Å². The SMILES string of the molecule is C#CCOc1ccc2c(c1)c(-c1ccc(C(C)C)cc1)nc(=O)n2Cc1ccccc1OCCOCCOCCOC. The average Bonchev–Trinajstić information content (AvgIpc) is 3.01. The number of methoxy groups -OCH3 is 1. The Balaban J connectivity index is 1.58. The third kappa shape index (κ3) is 8.20. The van der Waals surface area contributed by atoms with Crippen LogP contribution in [0.15, 0.2) is 71.5 Å². The normalized spacial score (nSPS) is 11.1. The predicted molar refractivity (Wildman–Crippen MR) is 164 cm³/mol. The molecule has 1 heterocycles. The van der Waals surface area contributed by atoms with Gasteiger partial charge in [-0.25, -0.2) is 4.79 Å². The molecule has 0 bridgehead atoms. The first-order valence-corrected chi connectivity index (χ1v) is 14.1. The summed E-state index contributed by atoms with van der Waals surface area (Å²) in [6.07, 6.45) is 5.41. The zero-order valence-corrected chi connectivity index (χ0v) is 24.5. The largest absolute Gasteiger partial charge is 0.491 e. The number of hydrogen-bond donors (Lipinski definition) is 0. The maximum Gasteiger partial charge on any atom is 0.348 e. The van der Waals surface area contributed by atoms with Gasteiger partial charge in [-0.3, -0.25) is 4.57 Å². The van der Waals surface area contributed by atoms with Gasteiger partial charge in [0.1, 0.15) is 24.7 Å². The maximum atomic E-state index is 13.5. The number of para-hydroxylation sites is 1. The fraction of sp³-hybridized carbons (Fsp3) is 0.353. The Labute approximate surface area is 247 Å². The molecule has 0 aliphatic heterocycles. The number of ether oxygens (including phenoxy) is 5. The fourth-order valence-corrected chi connectivity index (χ4v) is 4.49. The van der Waals surface area contributed by atoms with Crippen molar-refractivity contribution >= 4 is 10.9 Å². The Bertz CT molecular complexity index is 1540. The van der Waals surface area contributed by atoms with Gasteiger partial charge in [0.05, 0.1) is 50.8 Å². The number of benzene rings is 3. The van der Waals surface area contributed by atoms with Gasteiger partial charge >= 0.3 is 5.69 Å². The summed E-state index contributed by atoms with van der Waals surface area (Å²) in [5.41, 5.74) is 3.90. The van der Waals surface area contributed by atoms with E-state index in [4.69, 9.17) is 30.1 Å². The van der Waals surface area contributed by atoms with Crippen LogP contribution in [0.1, 0.15) is 30.9 Å². The standard InChI is InChI=1S/C34H38N2O6/c1-5-16-41-29-14-15-31-30(23-29)33(27-12-10-26(11-13-27)25(2)3)35-34(37)36(31)24-28-8-6-7-9-32(28)42-22-21-40-20-19-39-18-17-38-4/h1,6-15,23,25H,16-22,24H2,2-4H3.